The van der Waals surface area contributed by atoms with E-state index in [1.807, 2.05) is 0 Å². The number of pyridine rings is 1. The van der Waals surface area contributed by atoms with Gasteiger partial charge in [0, 0.05) is 11.2 Å². The molecule has 2 aromatic carbocycles. The highest BCUT2D eigenvalue weighted by Gasteiger charge is 2.38. The maximum atomic E-state index is 13.8. The largest absolute Gasteiger partial charge is 0.487 e. The van der Waals surface area contributed by atoms with Crippen molar-refractivity contribution in [3.05, 3.63) is 82.5 Å². The van der Waals surface area contributed by atoms with Crippen LogP contribution in [0.1, 0.15) is 21.5 Å². The Morgan fingerprint density at radius 3 is 2.53 bits per heavy atom. The quantitative estimate of drug-likeness (QED) is 0.356. The summed E-state index contributed by atoms with van der Waals surface area (Å²) in [4.78, 5) is 17.4. The lowest BCUT2D eigenvalue weighted by molar-refractivity contribution is -0.136. The first kappa shape index (κ1) is 18.7. The number of halogens is 4. The molecular weight excluding hydrogens is 417 g/mol. The fourth-order valence-corrected chi connectivity index (χ4v) is 3.78. The van der Waals surface area contributed by atoms with Crippen molar-refractivity contribution in [3.63, 3.8) is 0 Å². The maximum absolute atomic E-state index is 13.8. The smallest absolute Gasteiger partial charge is 0.417 e. The van der Waals surface area contributed by atoms with Crippen LogP contribution < -0.4 is 4.74 Å². The van der Waals surface area contributed by atoms with Crippen LogP contribution in [0.5, 0.6) is 5.75 Å². The van der Waals surface area contributed by atoms with Crippen molar-refractivity contribution in [2.24, 2.45) is 0 Å². The summed E-state index contributed by atoms with van der Waals surface area (Å²) in [5.74, 6) is -0.589. The van der Waals surface area contributed by atoms with Crippen LogP contribution in [0.4, 0.5) is 13.2 Å². The van der Waals surface area contributed by atoms with Crippen molar-refractivity contribution in [1.82, 2.24) is 9.55 Å². The van der Waals surface area contributed by atoms with E-state index in [0.717, 1.165) is 6.07 Å². The van der Waals surface area contributed by atoms with E-state index in [4.69, 9.17) is 16.3 Å². The number of fused-ring (bicyclic) bond motifs is 4. The molecule has 8 heteroatoms. The highest BCUT2D eigenvalue weighted by molar-refractivity contribution is 6.30. The molecule has 0 amide bonds. The molecule has 0 N–H and O–H groups in total. The molecule has 0 radical (unpaired) electrons. The molecule has 2 aromatic heterocycles. The van der Waals surface area contributed by atoms with Crippen LogP contribution >= 0.6 is 11.6 Å². The van der Waals surface area contributed by atoms with Gasteiger partial charge in [0.15, 0.2) is 0 Å². The van der Waals surface area contributed by atoms with Gasteiger partial charge in [0.05, 0.1) is 22.2 Å². The van der Waals surface area contributed by atoms with Crippen molar-refractivity contribution in [2.75, 3.05) is 0 Å². The summed E-state index contributed by atoms with van der Waals surface area (Å²) in [7, 11) is 0. The van der Waals surface area contributed by atoms with Crippen molar-refractivity contribution in [1.29, 1.82) is 0 Å². The zero-order valence-corrected chi connectivity index (χ0v) is 16.0. The van der Waals surface area contributed by atoms with Crippen LogP contribution in [0.25, 0.3) is 22.3 Å². The zero-order valence-electron chi connectivity index (χ0n) is 15.2. The lowest BCUT2D eigenvalue weighted by Crippen LogP contribution is -2.11. The Morgan fingerprint density at radius 2 is 1.80 bits per heavy atom. The predicted octanol–water partition coefficient (Wildman–Crippen LogP) is 5.96. The van der Waals surface area contributed by atoms with E-state index in [0.29, 0.717) is 22.0 Å². The second kappa shape index (κ2) is 6.60. The van der Waals surface area contributed by atoms with E-state index >= 15 is 0 Å². The van der Waals surface area contributed by atoms with Crippen molar-refractivity contribution < 1.29 is 22.7 Å². The van der Waals surface area contributed by atoms with Crippen LogP contribution in [-0.2, 0) is 12.8 Å². The molecule has 0 aliphatic carbocycles. The van der Waals surface area contributed by atoms with Crippen LogP contribution in [0.2, 0.25) is 5.02 Å². The lowest BCUT2D eigenvalue weighted by Gasteiger charge is -2.17. The summed E-state index contributed by atoms with van der Waals surface area (Å²) in [6, 6.07) is 13.9. The first-order valence-electron chi connectivity index (χ1n) is 8.98. The first-order valence-corrected chi connectivity index (χ1v) is 9.36. The number of rotatable bonds is 3. The molecule has 0 unspecified atom stereocenters. The molecule has 30 heavy (non-hydrogen) atoms. The number of aromatic nitrogens is 2. The Labute approximate surface area is 173 Å². The molecule has 4 nitrogen and oxygen atoms in total. The summed E-state index contributed by atoms with van der Waals surface area (Å²) in [5, 5.41) is 0.305. The Hall–Kier alpha value is -3.32. The number of benzene rings is 2. The SMILES string of the molecule is O=C1c2c(nc3cccc(C(F)(F)F)c3c2OCc2ccc(Cl)cc2)-c2cccn21. The first-order chi connectivity index (χ1) is 14.3. The fraction of sp³-hybridized carbons (Fsp3) is 0.0909. The summed E-state index contributed by atoms with van der Waals surface area (Å²) in [6.07, 6.45) is -3.08. The number of hydrogen-bond acceptors (Lipinski definition) is 3. The Bertz CT molecular complexity index is 1310. The van der Waals surface area contributed by atoms with Gasteiger partial charge in [-0.1, -0.05) is 29.8 Å². The number of carbonyl (C=O) groups is 1. The molecule has 0 atom stereocenters. The normalized spacial score (nSPS) is 12.9. The molecular formula is C22H12ClF3N2O2. The average molecular weight is 429 g/mol. The second-order valence-electron chi connectivity index (χ2n) is 6.85. The third-order valence-corrected chi connectivity index (χ3v) is 5.24. The third kappa shape index (κ3) is 2.85. The van der Waals surface area contributed by atoms with Gasteiger partial charge in [-0.15, -0.1) is 0 Å². The van der Waals surface area contributed by atoms with E-state index in [1.54, 1.807) is 42.6 Å². The molecule has 3 heterocycles. The van der Waals surface area contributed by atoms with Crippen LogP contribution in [0.3, 0.4) is 0 Å². The topological polar surface area (TPSA) is 44.1 Å². The van der Waals surface area contributed by atoms with Crippen LogP contribution in [0.15, 0.2) is 60.8 Å². The second-order valence-corrected chi connectivity index (χ2v) is 7.28. The van der Waals surface area contributed by atoms with Crippen LogP contribution in [0, 0.1) is 0 Å². The fourth-order valence-electron chi connectivity index (χ4n) is 3.65. The van der Waals surface area contributed by atoms with Gasteiger partial charge in [-0.2, -0.15) is 13.2 Å². The molecule has 1 aliphatic heterocycles. The predicted molar refractivity (Wildman–Crippen MR) is 106 cm³/mol. The summed E-state index contributed by atoms with van der Waals surface area (Å²) in [6.45, 7) is -0.0307. The molecule has 4 aromatic rings. The monoisotopic (exact) mass is 428 g/mol. The molecule has 0 saturated carbocycles. The van der Waals surface area contributed by atoms with E-state index in [9.17, 15) is 18.0 Å². The standard InChI is InChI=1S/C22H12ClF3N2O2/c23-13-8-6-12(7-9-13)11-30-20-17-14(22(24,25)26)3-1-4-15(17)27-19-16-5-2-10-28(16)21(29)18(19)20/h1-10H,11H2. The van der Waals surface area contributed by atoms with Gasteiger partial charge in [-0.3, -0.25) is 9.36 Å². The number of alkyl halides is 3. The summed E-state index contributed by atoms with van der Waals surface area (Å²) >= 11 is 5.89. The highest BCUT2D eigenvalue weighted by atomic mass is 35.5. The number of hydrogen-bond donors (Lipinski definition) is 0. The molecule has 0 spiro atoms. The average Bonchev–Trinajstić information content (AvgIpc) is 3.29. The summed E-state index contributed by atoms with van der Waals surface area (Å²) < 4.78 is 48.5. The highest BCUT2D eigenvalue weighted by Crippen LogP contribution is 2.45. The van der Waals surface area contributed by atoms with Gasteiger partial charge in [0.1, 0.15) is 23.6 Å². The van der Waals surface area contributed by atoms with E-state index < -0.39 is 17.6 Å². The molecule has 1 aliphatic rings. The number of nitrogens with zero attached hydrogens (tertiary/aromatic N) is 2. The van der Waals surface area contributed by atoms with Gasteiger partial charge in [-0.05, 0) is 42.0 Å². The van der Waals surface area contributed by atoms with Gasteiger partial charge in [0.25, 0.3) is 5.91 Å². The van der Waals surface area contributed by atoms with E-state index in [2.05, 4.69) is 4.98 Å². The maximum Gasteiger partial charge on any atom is 0.417 e. The Balaban J connectivity index is 1.75. The Kier molecular flexibility index (Phi) is 4.11. The molecule has 0 fully saturated rings. The molecule has 150 valence electrons. The van der Waals surface area contributed by atoms with Crippen molar-refractivity contribution in [3.8, 4) is 17.1 Å². The van der Waals surface area contributed by atoms with E-state index in [1.165, 1.54) is 16.7 Å². The minimum Gasteiger partial charge on any atom is -0.487 e. The molecule has 0 bridgehead atoms. The minimum atomic E-state index is -4.63. The lowest BCUT2D eigenvalue weighted by atomic mass is 10.0. The van der Waals surface area contributed by atoms with Crippen LogP contribution in [-0.4, -0.2) is 15.5 Å². The van der Waals surface area contributed by atoms with Crippen molar-refractivity contribution in [2.45, 2.75) is 12.8 Å². The zero-order chi connectivity index (χ0) is 21.0. The number of carbonyl (C=O) groups excluding carboxylic acids is 1. The van der Waals surface area contributed by atoms with Gasteiger partial charge in [-0.25, -0.2) is 4.98 Å². The third-order valence-electron chi connectivity index (χ3n) is 4.99. The van der Waals surface area contributed by atoms with Gasteiger partial charge >= 0.3 is 6.18 Å². The molecule has 0 saturated heterocycles. The number of ether oxygens (including phenoxy) is 1. The minimum absolute atomic E-state index is 0.0307. The Morgan fingerprint density at radius 1 is 1.03 bits per heavy atom. The van der Waals surface area contributed by atoms with E-state index in [-0.39, 0.29) is 28.8 Å². The van der Waals surface area contributed by atoms with Crippen molar-refractivity contribution >= 4 is 28.4 Å². The molecule has 5 rings (SSSR count). The van der Waals surface area contributed by atoms with Gasteiger partial charge in [0.2, 0.25) is 0 Å². The van der Waals surface area contributed by atoms with Gasteiger partial charge < -0.3 is 4.74 Å². The summed E-state index contributed by atoms with van der Waals surface area (Å²) in [5.41, 5.74) is 0.771.